The van der Waals surface area contributed by atoms with Gasteiger partial charge in [0, 0.05) is 11.4 Å². The minimum Gasteiger partial charge on any atom is -0.481 e. The van der Waals surface area contributed by atoms with Gasteiger partial charge in [-0.25, -0.2) is 0 Å². The Kier molecular flexibility index (Phi) is 6.82. The predicted molar refractivity (Wildman–Crippen MR) is 98.9 cm³/mol. The van der Waals surface area contributed by atoms with E-state index >= 15 is 0 Å². The van der Waals surface area contributed by atoms with E-state index in [-0.39, 0.29) is 5.92 Å². The predicted octanol–water partition coefficient (Wildman–Crippen LogP) is 3.98. The van der Waals surface area contributed by atoms with Crippen LogP contribution in [0.1, 0.15) is 24.0 Å². The van der Waals surface area contributed by atoms with Gasteiger partial charge in [-0.2, -0.15) is 0 Å². The molecule has 0 aromatic heterocycles. The summed E-state index contributed by atoms with van der Waals surface area (Å²) in [4.78, 5) is 11.4. The van der Waals surface area contributed by atoms with E-state index in [0.29, 0.717) is 12.8 Å². The van der Waals surface area contributed by atoms with Crippen molar-refractivity contribution in [3.63, 3.8) is 0 Å². The molecule has 3 N–H and O–H groups in total. The first-order chi connectivity index (χ1) is 11.6. The van der Waals surface area contributed by atoms with Crippen LogP contribution in [-0.2, 0) is 11.2 Å². The van der Waals surface area contributed by atoms with Crippen LogP contribution in [0, 0.1) is 12.8 Å². The Bertz CT molecular complexity index is 636. The minimum absolute atomic E-state index is 0.325. The average Bonchev–Trinajstić information content (AvgIpc) is 2.57. The van der Waals surface area contributed by atoms with Gasteiger partial charge in [0.2, 0.25) is 0 Å². The van der Waals surface area contributed by atoms with Gasteiger partial charge in [-0.1, -0.05) is 29.8 Å². The number of hydrogen-bond acceptors (Lipinski definition) is 3. The van der Waals surface area contributed by atoms with Gasteiger partial charge in [0.1, 0.15) is 0 Å². The SMILES string of the molecule is CNCCCC(Cc1ccc(Nc2ccc(C)cc2)cc1)C(=O)O. The molecule has 1 atom stereocenters. The molecule has 0 bridgehead atoms. The fourth-order valence-corrected chi connectivity index (χ4v) is 2.65. The molecule has 0 aliphatic rings. The molecule has 0 aliphatic heterocycles. The van der Waals surface area contributed by atoms with E-state index in [1.165, 1.54) is 5.56 Å². The van der Waals surface area contributed by atoms with Crippen molar-refractivity contribution in [3.8, 4) is 0 Å². The van der Waals surface area contributed by atoms with Crippen LogP contribution in [0.15, 0.2) is 48.5 Å². The minimum atomic E-state index is -0.715. The summed E-state index contributed by atoms with van der Waals surface area (Å²) < 4.78 is 0. The number of nitrogens with one attached hydrogen (secondary N) is 2. The molecule has 4 heteroatoms. The van der Waals surface area contributed by atoms with Crippen LogP contribution < -0.4 is 10.6 Å². The van der Waals surface area contributed by atoms with Gasteiger partial charge in [-0.15, -0.1) is 0 Å². The molecule has 2 rings (SSSR count). The Morgan fingerprint density at radius 3 is 2.17 bits per heavy atom. The van der Waals surface area contributed by atoms with Gasteiger partial charge >= 0.3 is 5.97 Å². The number of aliphatic carboxylic acids is 1. The summed E-state index contributed by atoms with van der Waals surface area (Å²) in [7, 11) is 1.88. The number of hydrogen-bond donors (Lipinski definition) is 3. The highest BCUT2D eigenvalue weighted by Crippen LogP contribution is 2.20. The molecule has 2 aromatic rings. The maximum atomic E-state index is 11.4. The van der Waals surface area contributed by atoms with Gasteiger partial charge in [-0.05, 0) is 69.6 Å². The Morgan fingerprint density at radius 1 is 1.04 bits per heavy atom. The van der Waals surface area contributed by atoms with E-state index in [0.717, 1.165) is 29.9 Å². The number of benzene rings is 2. The van der Waals surface area contributed by atoms with Crippen molar-refractivity contribution in [1.82, 2.24) is 5.32 Å². The van der Waals surface area contributed by atoms with Crippen molar-refractivity contribution < 1.29 is 9.90 Å². The fraction of sp³-hybridized carbons (Fsp3) is 0.350. The van der Waals surface area contributed by atoms with E-state index < -0.39 is 5.97 Å². The van der Waals surface area contributed by atoms with Crippen molar-refractivity contribution in [1.29, 1.82) is 0 Å². The maximum Gasteiger partial charge on any atom is 0.306 e. The van der Waals surface area contributed by atoms with Crippen LogP contribution >= 0.6 is 0 Å². The van der Waals surface area contributed by atoms with Crippen LogP contribution in [-0.4, -0.2) is 24.7 Å². The van der Waals surface area contributed by atoms with Gasteiger partial charge in [0.05, 0.1) is 5.92 Å². The normalized spacial score (nSPS) is 11.9. The lowest BCUT2D eigenvalue weighted by molar-refractivity contribution is -0.141. The van der Waals surface area contributed by atoms with E-state index in [9.17, 15) is 9.90 Å². The molecule has 0 spiro atoms. The van der Waals surface area contributed by atoms with Gasteiger partial charge < -0.3 is 15.7 Å². The smallest absolute Gasteiger partial charge is 0.306 e. The largest absolute Gasteiger partial charge is 0.481 e. The highest BCUT2D eigenvalue weighted by Gasteiger charge is 2.17. The summed E-state index contributed by atoms with van der Waals surface area (Å²) in [5.74, 6) is -1.04. The summed E-state index contributed by atoms with van der Waals surface area (Å²) in [6.45, 7) is 2.91. The highest BCUT2D eigenvalue weighted by atomic mass is 16.4. The summed E-state index contributed by atoms with van der Waals surface area (Å²) in [5, 5.41) is 15.8. The lowest BCUT2D eigenvalue weighted by atomic mass is 9.94. The number of anilines is 2. The summed E-state index contributed by atoms with van der Waals surface area (Å²) in [5.41, 5.74) is 4.34. The molecule has 0 saturated heterocycles. The Hall–Kier alpha value is -2.33. The number of carboxylic acids is 1. The maximum absolute atomic E-state index is 11.4. The molecule has 0 saturated carbocycles. The third-order valence-corrected chi connectivity index (χ3v) is 4.10. The molecule has 1 unspecified atom stereocenters. The summed E-state index contributed by atoms with van der Waals surface area (Å²) >= 11 is 0. The summed E-state index contributed by atoms with van der Waals surface area (Å²) in [6, 6.07) is 16.2. The van der Waals surface area contributed by atoms with Crippen molar-refractivity contribution in [3.05, 3.63) is 59.7 Å². The molecule has 24 heavy (non-hydrogen) atoms. The summed E-state index contributed by atoms with van der Waals surface area (Å²) in [6.07, 6.45) is 2.14. The van der Waals surface area contributed by atoms with Gasteiger partial charge in [0.25, 0.3) is 0 Å². The standard InChI is InChI=1S/C20H26N2O2/c1-15-5-9-18(10-6-15)22-19-11-7-16(8-12-19)14-17(20(23)24)4-3-13-21-2/h5-12,17,21-22H,3-4,13-14H2,1-2H3,(H,23,24). The quantitative estimate of drug-likeness (QED) is 0.610. The average molecular weight is 326 g/mol. The molecule has 128 valence electrons. The Balaban J connectivity index is 1.94. The zero-order valence-electron chi connectivity index (χ0n) is 14.4. The second kappa shape index (κ2) is 9.08. The van der Waals surface area contributed by atoms with Crippen LogP contribution in [0.3, 0.4) is 0 Å². The topological polar surface area (TPSA) is 61.4 Å². The lowest BCUT2D eigenvalue weighted by Gasteiger charge is -2.13. The molecular weight excluding hydrogens is 300 g/mol. The van der Waals surface area contributed by atoms with E-state index in [1.54, 1.807) is 0 Å². The third-order valence-electron chi connectivity index (χ3n) is 4.10. The first kappa shape index (κ1) is 18.0. The fourth-order valence-electron chi connectivity index (χ4n) is 2.65. The molecule has 0 fully saturated rings. The second-order valence-electron chi connectivity index (χ2n) is 6.17. The van der Waals surface area contributed by atoms with Gasteiger partial charge in [0.15, 0.2) is 0 Å². The first-order valence-corrected chi connectivity index (χ1v) is 8.38. The van der Waals surface area contributed by atoms with E-state index in [2.05, 4.69) is 29.7 Å². The monoisotopic (exact) mass is 326 g/mol. The first-order valence-electron chi connectivity index (χ1n) is 8.38. The zero-order valence-corrected chi connectivity index (χ0v) is 14.4. The van der Waals surface area contributed by atoms with E-state index in [1.807, 2.05) is 43.4 Å². The number of rotatable bonds is 9. The van der Waals surface area contributed by atoms with Crippen LogP contribution in [0.5, 0.6) is 0 Å². The molecular formula is C20H26N2O2. The van der Waals surface area contributed by atoms with Crippen molar-refractivity contribution in [2.45, 2.75) is 26.2 Å². The molecule has 0 amide bonds. The Labute approximate surface area is 143 Å². The molecule has 4 nitrogen and oxygen atoms in total. The number of carbonyl (C=O) groups is 1. The Morgan fingerprint density at radius 2 is 1.62 bits per heavy atom. The van der Waals surface area contributed by atoms with Crippen LogP contribution in [0.2, 0.25) is 0 Å². The number of carboxylic acid groups (broad SMARTS) is 1. The molecule has 0 heterocycles. The van der Waals surface area contributed by atoms with Crippen molar-refractivity contribution in [2.75, 3.05) is 18.9 Å². The van der Waals surface area contributed by atoms with E-state index in [4.69, 9.17) is 0 Å². The van der Waals surface area contributed by atoms with Crippen molar-refractivity contribution >= 4 is 17.3 Å². The third kappa shape index (κ3) is 5.70. The van der Waals surface area contributed by atoms with Crippen LogP contribution in [0.25, 0.3) is 0 Å². The molecule has 2 aromatic carbocycles. The molecule has 0 radical (unpaired) electrons. The van der Waals surface area contributed by atoms with Crippen LogP contribution in [0.4, 0.5) is 11.4 Å². The number of aryl methyl sites for hydroxylation is 1. The lowest BCUT2D eigenvalue weighted by Crippen LogP contribution is -2.18. The molecule has 0 aliphatic carbocycles. The van der Waals surface area contributed by atoms with Crippen molar-refractivity contribution in [2.24, 2.45) is 5.92 Å². The zero-order chi connectivity index (χ0) is 17.4. The second-order valence-corrected chi connectivity index (χ2v) is 6.17. The highest BCUT2D eigenvalue weighted by molar-refractivity contribution is 5.70. The van der Waals surface area contributed by atoms with Gasteiger partial charge in [-0.3, -0.25) is 4.79 Å².